The molecule has 1 rings (SSSR count). The standard InChI is InChI=1S/C11H21F3N2/c1-16-9-3-2-4-10(16)5-7-15-8-6-11(12,13)14/h10,15H,2-9H2,1H3. The van der Waals surface area contributed by atoms with Crippen molar-refractivity contribution in [3.63, 3.8) is 0 Å². The van der Waals surface area contributed by atoms with Crippen LogP contribution in [0, 0.1) is 0 Å². The Labute approximate surface area is 95.2 Å². The maximum Gasteiger partial charge on any atom is 0.390 e. The predicted molar refractivity (Wildman–Crippen MR) is 58.4 cm³/mol. The summed E-state index contributed by atoms with van der Waals surface area (Å²) in [6.07, 6.45) is -0.139. The van der Waals surface area contributed by atoms with E-state index in [1.54, 1.807) is 0 Å². The van der Waals surface area contributed by atoms with Crippen LogP contribution in [0.4, 0.5) is 13.2 Å². The first kappa shape index (κ1) is 13.8. The maximum absolute atomic E-state index is 11.9. The molecule has 1 heterocycles. The van der Waals surface area contributed by atoms with E-state index in [1.807, 2.05) is 0 Å². The largest absolute Gasteiger partial charge is 0.390 e. The van der Waals surface area contributed by atoms with Gasteiger partial charge in [-0.1, -0.05) is 6.42 Å². The van der Waals surface area contributed by atoms with Crippen LogP contribution in [0.2, 0.25) is 0 Å². The van der Waals surface area contributed by atoms with Gasteiger partial charge in [0.15, 0.2) is 0 Å². The molecular weight excluding hydrogens is 217 g/mol. The minimum atomic E-state index is -4.03. The smallest absolute Gasteiger partial charge is 0.316 e. The van der Waals surface area contributed by atoms with Gasteiger partial charge in [0.25, 0.3) is 0 Å². The van der Waals surface area contributed by atoms with Crippen molar-refractivity contribution in [3.05, 3.63) is 0 Å². The fourth-order valence-electron chi connectivity index (χ4n) is 2.13. The van der Waals surface area contributed by atoms with Crippen LogP contribution in [-0.2, 0) is 0 Å². The SMILES string of the molecule is CN1CCCCC1CCNCCC(F)(F)F. The molecule has 5 heteroatoms. The first-order chi connectivity index (χ1) is 7.49. The van der Waals surface area contributed by atoms with Crippen LogP contribution in [0.25, 0.3) is 0 Å². The number of nitrogens with zero attached hydrogens (tertiary/aromatic N) is 1. The second-order valence-corrected chi connectivity index (χ2v) is 4.53. The zero-order valence-electron chi connectivity index (χ0n) is 9.82. The molecule has 0 aromatic heterocycles. The van der Waals surface area contributed by atoms with Gasteiger partial charge in [-0.2, -0.15) is 13.2 Å². The minimum absolute atomic E-state index is 0.0416. The highest BCUT2D eigenvalue weighted by Crippen LogP contribution is 2.19. The maximum atomic E-state index is 11.9. The molecule has 0 saturated carbocycles. The van der Waals surface area contributed by atoms with Gasteiger partial charge in [0.05, 0.1) is 6.42 Å². The van der Waals surface area contributed by atoms with E-state index >= 15 is 0 Å². The van der Waals surface area contributed by atoms with Crippen molar-refractivity contribution in [2.24, 2.45) is 0 Å². The molecular formula is C11H21F3N2. The van der Waals surface area contributed by atoms with E-state index in [0.717, 1.165) is 13.0 Å². The van der Waals surface area contributed by atoms with E-state index in [4.69, 9.17) is 0 Å². The third-order valence-corrected chi connectivity index (χ3v) is 3.16. The summed E-state index contributed by atoms with van der Waals surface area (Å²) in [5.41, 5.74) is 0. The van der Waals surface area contributed by atoms with Crippen molar-refractivity contribution in [2.75, 3.05) is 26.7 Å². The summed E-state index contributed by atoms with van der Waals surface area (Å²) in [5.74, 6) is 0. The normalized spacial score (nSPS) is 23.6. The molecule has 2 nitrogen and oxygen atoms in total. The van der Waals surface area contributed by atoms with E-state index in [-0.39, 0.29) is 6.54 Å². The number of hydrogen-bond donors (Lipinski definition) is 1. The highest BCUT2D eigenvalue weighted by atomic mass is 19.4. The summed E-state index contributed by atoms with van der Waals surface area (Å²) in [6, 6.07) is 0.548. The van der Waals surface area contributed by atoms with Crippen LogP contribution < -0.4 is 5.32 Å². The molecule has 0 bridgehead atoms. The second kappa shape index (κ2) is 6.45. The van der Waals surface area contributed by atoms with Gasteiger partial charge in [-0.25, -0.2) is 0 Å². The molecule has 96 valence electrons. The Balaban J connectivity index is 2.02. The van der Waals surface area contributed by atoms with Gasteiger partial charge in [-0.3, -0.25) is 0 Å². The second-order valence-electron chi connectivity index (χ2n) is 4.53. The summed E-state index contributed by atoms with van der Waals surface area (Å²) in [4.78, 5) is 2.31. The summed E-state index contributed by atoms with van der Waals surface area (Å²) >= 11 is 0. The van der Waals surface area contributed by atoms with Gasteiger partial charge in [0.2, 0.25) is 0 Å². The number of alkyl halides is 3. The van der Waals surface area contributed by atoms with Gasteiger partial charge in [0, 0.05) is 12.6 Å². The van der Waals surface area contributed by atoms with Gasteiger partial charge >= 0.3 is 6.18 Å². The Morgan fingerprint density at radius 3 is 2.62 bits per heavy atom. The summed E-state index contributed by atoms with van der Waals surface area (Å²) in [6.45, 7) is 1.85. The van der Waals surface area contributed by atoms with Crippen molar-refractivity contribution in [1.82, 2.24) is 10.2 Å². The fraction of sp³-hybridized carbons (Fsp3) is 1.00. The molecule has 1 aliphatic heterocycles. The third-order valence-electron chi connectivity index (χ3n) is 3.16. The van der Waals surface area contributed by atoms with Crippen molar-refractivity contribution in [2.45, 2.75) is 44.3 Å². The van der Waals surface area contributed by atoms with E-state index in [1.165, 1.54) is 19.3 Å². The zero-order valence-corrected chi connectivity index (χ0v) is 9.82. The lowest BCUT2D eigenvalue weighted by atomic mass is 10.0. The van der Waals surface area contributed by atoms with Gasteiger partial charge in [0.1, 0.15) is 0 Å². The van der Waals surface area contributed by atoms with Crippen molar-refractivity contribution >= 4 is 0 Å². The molecule has 1 fully saturated rings. The molecule has 1 atom stereocenters. The molecule has 1 saturated heterocycles. The quantitative estimate of drug-likeness (QED) is 0.740. The topological polar surface area (TPSA) is 15.3 Å². The molecule has 16 heavy (non-hydrogen) atoms. The summed E-state index contributed by atoms with van der Waals surface area (Å²) in [7, 11) is 2.10. The molecule has 0 amide bonds. The highest BCUT2D eigenvalue weighted by molar-refractivity contribution is 4.74. The zero-order chi connectivity index (χ0) is 12.0. The van der Waals surface area contributed by atoms with Crippen molar-refractivity contribution in [1.29, 1.82) is 0 Å². The monoisotopic (exact) mass is 238 g/mol. The lowest BCUT2D eigenvalue weighted by Crippen LogP contribution is -2.38. The van der Waals surface area contributed by atoms with Crippen LogP contribution >= 0.6 is 0 Å². The average Bonchev–Trinajstić information content (AvgIpc) is 2.18. The van der Waals surface area contributed by atoms with E-state index in [0.29, 0.717) is 12.6 Å². The molecule has 0 aromatic rings. The van der Waals surface area contributed by atoms with Crippen molar-refractivity contribution in [3.8, 4) is 0 Å². The van der Waals surface area contributed by atoms with Crippen LogP contribution in [0.5, 0.6) is 0 Å². The Morgan fingerprint density at radius 2 is 2.00 bits per heavy atom. The first-order valence-electron chi connectivity index (χ1n) is 5.97. The van der Waals surface area contributed by atoms with Crippen LogP contribution in [0.3, 0.4) is 0 Å². The molecule has 1 aliphatic rings. The number of likely N-dealkylation sites (tertiary alicyclic amines) is 1. The number of nitrogens with one attached hydrogen (secondary N) is 1. The molecule has 1 N–H and O–H groups in total. The lowest BCUT2D eigenvalue weighted by Gasteiger charge is -2.32. The first-order valence-corrected chi connectivity index (χ1v) is 5.97. The van der Waals surface area contributed by atoms with Gasteiger partial charge in [-0.15, -0.1) is 0 Å². The highest BCUT2D eigenvalue weighted by Gasteiger charge is 2.26. The molecule has 0 aromatic carbocycles. The van der Waals surface area contributed by atoms with E-state index in [9.17, 15) is 13.2 Å². The van der Waals surface area contributed by atoms with Gasteiger partial charge in [-0.05, 0) is 39.4 Å². The number of halogens is 3. The van der Waals surface area contributed by atoms with E-state index in [2.05, 4.69) is 17.3 Å². The molecule has 0 aliphatic carbocycles. The minimum Gasteiger partial charge on any atom is -0.316 e. The average molecular weight is 238 g/mol. The lowest BCUT2D eigenvalue weighted by molar-refractivity contribution is -0.133. The Morgan fingerprint density at radius 1 is 1.25 bits per heavy atom. The van der Waals surface area contributed by atoms with Crippen LogP contribution in [0.15, 0.2) is 0 Å². The number of rotatable bonds is 5. The van der Waals surface area contributed by atoms with Crippen molar-refractivity contribution < 1.29 is 13.2 Å². The molecule has 1 unspecified atom stereocenters. The Bertz CT molecular complexity index is 194. The third kappa shape index (κ3) is 5.70. The Hall–Kier alpha value is -0.290. The van der Waals surface area contributed by atoms with Crippen LogP contribution in [0.1, 0.15) is 32.1 Å². The Kier molecular flexibility index (Phi) is 5.55. The molecule has 0 radical (unpaired) electrons. The number of hydrogen-bond acceptors (Lipinski definition) is 2. The molecule has 0 spiro atoms. The number of piperidine rings is 1. The van der Waals surface area contributed by atoms with Gasteiger partial charge < -0.3 is 10.2 Å². The van der Waals surface area contributed by atoms with Crippen LogP contribution in [-0.4, -0.2) is 43.8 Å². The summed E-state index contributed by atoms with van der Waals surface area (Å²) < 4.78 is 35.6. The predicted octanol–water partition coefficient (Wildman–Crippen LogP) is 2.40. The summed E-state index contributed by atoms with van der Waals surface area (Å²) in [5, 5.41) is 2.86. The fourth-order valence-corrected chi connectivity index (χ4v) is 2.13. The van der Waals surface area contributed by atoms with E-state index < -0.39 is 12.6 Å².